The summed E-state index contributed by atoms with van der Waals surface area (Å²) in [6.07, 6.45) is 3.41. The maximum Gasteiger partial charge on any atom is 0.250 e. The van der Waals surface area contributed by atoms with Crippen LogP contribution < -0.4 is 15.6 Å². The van der Waals surface area contributed by atoms with Gasteiger partial charge in [0.2, 0.25) is 0 Å². The molecule has 33 heavy (non-hydrogen) atoms. The number of aromatic nitrogens is 3. The molecule has 0 saturated carbocycles. The van der Waals surface area contributed by atoms with Crippen LogP contribution in [0, 0.1) is 6.92 Å². The maximum atomic E-state index is 12.2. The van der Waals surface area contributed by atoms with Gasteiger partial charge < -0.3 is 14.8 Å². The molecule has 0 aliphatic heterocycles. The van der Waals surface area contributed by atoms with Crippen LogP contribution in [-0.4, -0.2) is 46.7 Å². The number of aryl methyl sites for hydroxylation is 1. The number of allylic oxidation sites excluding steroid dienone is 1. The minimum absolute atomic E-state index is 0.178. The number of carbonyl (C=O) groups is 1. The van der Waals surface area contributed by atoms with Gasteiger partial charge in [0, 0.05) is 32.0 Å². The van der Waals surface area contributed by atoms with Gasteiger partial charge in [0.1, 0.15) is 0 Å². The molecule has 2 aromatic carbocycles. The fourth-order valence-corrected chi connectivity index (χ4v) is 3.68. The van der Waals surface area contributed by atoms with Gasteiger partial charge in [-0.25, -0.2) is 5.43 Å². The number of rotatable bonds is 11. The smallest absolute Gasteiger partial charge is 0.250 e. The van der Waals surface area contributed by atoms with E-state index in [1.54, 1.807) is 12.3 Å². The number of carbonyl (C=O) groups excluding carboxylic acids is 1. The number of nitrogens with zero attached hydrogens (tertiary/aromatic N) is 5. The molecule has 0 fully saturated rings. The van der Waals surface area contributed by atoms with Crippen molar-refractivity contribution < 1.29 is 4.79 Å². The van der Waals surface area contributed by atoms with Gasteiger partial charge in [0.25, 0.3) is 5.91 Å². The molecule has 0 radical (unpaired) electrons. The fraction of sp³-hybridized carbons (Fsp3) is 0.250. The summed E-state index contributed by atoms with van der Waals surface area (Å²) in [5, 5.41) is 16.6. The second-order valence-corrected chi connectivity index (χ2v) is 8.53. The molecule has 1 amide bonds. The van der Waals surface area contributed by atoms with Crippen LogP contribution >= 0.6 is 11.8 Å². The van der Waals surface area contributed by atoms with E-state index in [2.05, 4.69) is 51.7 Å². The highest BCUT2D eigenvalue weighted by molar-refractivity contribution is 7.99. The Labute approximate surface area is 198 Å². The Kier molecular flexibility index (Phi) is 8.65. The number of hydrogen-bond donors (Lipinski definition) is 2. The van der Waals surface area contributed by atoms with Crippen molar-refractivity contribution in [1.82, 2.24) is 20.2 Å². The van der Waals surface area contributed by atoms with Crippen molar-refractivity contribution >= 4 is 35.3 Å². The Balaban J connectivity index is 1.52. The van der Waals surface area contributed by atoms with Gasteiger partial charge in [-0.15, -0.1) is 16.8 Å². The number of amides is 1. The third-order valence-electron chi connectivity index (χ3n) is 4.75. The van der Waals surface area contributed by atoms with E-state index in [1.165, 1.54) is 17.3 Å². The Hall–Kier alpha value is -3.59. The molecule has 8 nitrogen and oxygen atoms in total. The lowest BCUT2D eigenvalue weighted by molar-refractivity contribution is -0.118. The molecule has 1 heterocycles. The summed E-state index contributed by atoms with van der Waals surface area (Å²) >= 11 is 1.31. The summed E-state index contributed by atoms with van der Waals surface area (Å²) in [5.74, 6) is 0.739. The molecule has 172 valence electrons. The van der Waals surface area contributed by atoms with Crippen LogP contribution in [0.3, 0.4) is 0 Å². The normalized spacial score (nSPS) is 10.9. The van der Waals surface area contributed by atoms with Crippen LogP contribution in [0.25, 0.3) is 0 Å². The monoisotopic (exact) mass is 463 g/mol. The van der Waals surface area contributed by atoms with Gasteiger partial charge in [-0.1, -0.05) is 47.7 Å². The number of hydrazone groups is 1. The first-order chi connectivity index (χ1) is 16.0. The van der Waals surface area contributed by atoms with Crippen molar-refractivity contribution in [1.29, 1.82) is 0 Å². The first-order valence-corrected chi connectivity index (χ1v) is 11.5. The molecule has 0 aliphatic carbocycles. The summed E-state index contributed by atoms with van der Waals surface area (Å²) in [7, 11) is 3.97. The van der Waals surface area contributed by atoms with Gasteiger partial charge in [-0.3, -0.25) is 4.79 Å². The van der Waals surface area contributed by atoms with Crippen molar-refractivity contribution in [3.63, 3.8) is 0 Å². The Morgan fingerprint density at radius 2 is 1.88 bits per heavy atom. The second kappa shape index (κ2) is 11.9. The molecule has 0 spiro atoms. The van der Waals surface area contributed by atoms with E-state index < -0.39 is 0 Å². The average molecular weight is 464 g/mol. The number of anilines is 2. The van der Waals surface area contributed by atoms with Crippen LogP contribution in [0.4, 0.5) is 11.4 Å². The predicted octanol–water partition coefficient (Wildman–Crippen LogP) is 3.69. The lowest BCUT2D eigenvalue weighted by atomic mass is 10.2. The lowest BCUT2D eigenvalue weighted by Gasteiger charge is -2.11. The van der Waals surface area contributed by atoms with Crippen LogP contribution in [0.15, 0.2) is 71.4 Å². The zero-order valence-electron chi connectivity index (χ0n) is 19.2. The summed E-state index contributed by atoms with van der Waals surface area (Å²) in [6.45, 7) is 6.95. The van der Waals surface area contributed by atoms with E-state index in [0.29, 0.717) is 18.2 Å². The van der Waals surface area contributed by atoms with Crippen LogP contribution in [0.5, 0.6) is 0 Å². The molecule has 0 bridgehead atoms. The van der Waals surface area contributed by atoms with Crippen LogP contribution in [0.2, 0.25) is 0 Å². The number of thioether (sulfide) groups is 1. The van der Waals surface area contributed by atoms with E-state index in [9.17, 15) is 4.79 Å². The number of hydrogen-bond acceptors (Lipinski definition) is 7. The second-order valence-electron chi connectivity index (χ2n) is 7.59. The van der Waals surface area contributed by atoms with Crippen LogP contribution in [0.1, 0.15) is 17.0 Å². The quantitative estimate of drug-likeness (QED) is 0.195. The molecule has 9 heteroatoms. The molecule has 0 unspecified atom stereocenters. The van der Waals surface area contributed by atoms with E-state index in [0.717, 1.165) is 22.8 Å². The van der Waals surface area contributed by atoms with E-state index in [-0.39, 0.29) is 11.7 Å². The molecular formula is C24H29N7OS. The average Bonchev–Trinajstić information content (AvgIpc) is 3.19. The Morgan fingerprint density at radius 3 is 2.55 bits per heavy atom. The fourth-order valence-electron chi connectivity index (χ4n) is 2.92. The van der Waals surface area contributed by atoms with E-state index in [1.807, 2.05) is 60.0 Å². The highest BCUT2D eigenvalue weighted by atomic mass is 32.2. The lowest BCUT2D eigenvalue weighted by Crippen LogP contribution is -2.20. The SMILES string of the molecule is C=CCn1c(CNc2ccc(C)cc2)nnc1SCC(=O)N/N=C\c1ccc(N(C)C)cc1. The minimum atomic E-state index is -0.214. The van der Waals surface area contributed by atoms with Crippen molar-refractivity contribution in [2.24, 2.45) is 5.10 Å². The molecule has 0 saturated heterocycles. The standard InChI is InChI=1S/C24H29N7OS/c1-5-14-31-22(16-25-20-10-6-18(2)7-11-20)27-29-24(31)33-17-23(32)28-26-15-19-8-12-21(13-9-19)30(3)4/h5-13,15,25H,1,14,16-17H2,2-4H3,(H,28,32)/b26-15-. The third kappa shape index (κ3) is 7.21. The third-order valence-corrected chi connectivity index (χ3v) is 5.72. The summed E-state index contributed by atoms with van der Waals surface area (Å²) in [5.41, 5.74) is 6.78. The highest BCUT2D eigenvalue weighted by Gasteiger charge is 2.13. The predicted molar refractivity (Wildman–Crippen MR) is 136 cm³/mol. The van der Waals surface area contributed by atoms with Crippen molar-refractivity contribution in [2.75, 3.05) is 30.1 Å². The maximum absolute atomic E-state index is 12.2. The van der Waals surface area contributed by atoms with E-state index in [4.69, 9.17) is 0 Å². The number of benzene rings is 2. The van der Waals surface area contributed by atoms with Gasteiger partial charge >= 0.3 is 0 Å². The summed E-state index contributed by atoms with van der Waals surface area (Å²) in [6, 6.07) is 16.1. The first-order valence-electron chi connectivity index (χ1n) is 10.5. The zero-order chi connectivity index (χ0) is 23.6. The van der Waals surface area contributed by atoms with Gasteiger partial charge in [-0.2, -0.15) is 5.10 Å². The topological polar surface area (TPSA) is 87.4 Å². The Morgan fingerprint density at radius 1 is 1.15 bits per heavy atom. The summed E-state index contributed by atoms with van der Waals surface area (Å²) in [4.78, 5) is 14.2. The largest absolute Gasteiger partial charge is 0.378 e. The zero-order valence-corrected chi connectivity index (χ0v) is 20.0. The highest BCUT2D eigenvalue weighted by Crippen LogP contribution is 2.18. The van der Waals surface area contributed by atoms with Crippen LogP contribution in [-0.2, 0) is 17.9 Å². The van der Waals surface area contributed by atoms with Gasteiger partial charge in [0.15, 0.2) is 11.0 Å². The molecule has 3 rings (SSSR count). The summed E-state index contributed by atoms with van der Waals surface area (Å²) < 4.78 is 1.95. The van der Waals surface area contributed by atoms with Crippen molar-refractivity contribution in [3.8, 4) is 0 Å². The van der Waals surface area contributed by atoms with Gasteiger partial charge in [0.05, 0.1) is 18.5 Å². The minimum Gasteiger partial charge on any atom is -0.378 e. The molecule has 1 aromatic heterocycles. The van der Waals surface area contributed by atoms with E-state index >= 15 is 0 Å². The Bertz CT molecular complexity index is 1090. The molecule has 0 atom stereocenters. The van der Waals surface area contributed by atoms with Crippen molar-refractivity contribution in [2.45, 2.75) is 25.2 Å². The van der Waals surface area contributed by atoms with Crippen molar-refractivity contribution in [3.05, 3.63) is 78.1 Å². The molecule has 3 aromatic rings. The first kappa shape index (κ1) is 24.1. The molecule has 0 aliphatic rings. The molecular weight excluding hydrogens is 434 g/mol. The van der Waals surface area contributed by atoms with Gasteiger partial charge in [-0.05, 0) is 36.8 Å². The number of nitrogens with one attached hydrogen (secondary N) is 2. The molecule has 2 N–H and O–H groups in total.